The lowest BCUT2D eigenvalue weighted by Gasteiger charge is -2.23. The number of imide groups is 1. The molecule has 2 amide bonds. The van der Waals surface area contributed by atoms with Crippen LogP contribution in [0.2, 0.25) is 0 Å². The number of fused-ring (bicyclic) bond motifs is 1. The number of hydrogen-bond acceptors (Lipinski definition) is 4. The lowest BCUT2D eigenvalue weighted by Crippen LogP contribution is -2.46. The van der Waals surface area contributed by atoms with Crippen molar-refractivity contribution in [1.82, 2.24) is 4.90 Å². The van der Waals surface area contributed by atoms with Gasteiger partial charge >= 0.3 is 5.97 Å². The molecule has 0 saturated heterocycles. The number of hydrogen-bond donors (Lipinski definition) is 2. The minimum absolute atomic E-state index is 0.194. The van der Waals surface area contributed by atoms with Crippen LogP contribution < -0.4 is 0 Å². The van der Waals surface area contributed by atoms with Gasteiger partial charge in [-0.25, -0.2) is 4.79 Å². The Labute approximate surface area is 109 Å². The van der Waals surface area contributed by atoms with Gasteiger partial charge in [-0.15, -0.1) is 0 Å². The van der Waals surface area contributed by atoms with Crippen LogP contribution in [-0.4, -0.2) is 45.0 Å². The van der Waals surface area contributed by atoms with Gasteiger partial charge < -0.3 is 10.2 Å². The van der Waals surface area contributed by atoms with Crippen LogP contribution in [0.1, 0.15) is 34.1 Å². The molecule has 100 valence electrons. The van der Waals surface area contributed by atoms with Crippen molar-refractivity contribution in [2.24, 2.45) is 0 Å². The van der Waals surface area contributed by atoms with E-state index in [1.165, 1.54) is 19.1 Å². The SMILES string of the molecule is CC(O)CC(C(=O)O)N1C(=O)c2ccccc2C1=O. The van der Waals surface area contributed by atoms with Crippen molar-refractivity contribution < 1.29 is 24.6 Å². The molecular weight excluding hydrogens is 250 g/mol. The molecule has 6 nitrogen and oxygen atoms in total. The predicted octanol–water partition coefficient (Wildman–Crippen LogP) is 0.507. The second-order valence-corrected chi connectivity index (χ2v) is 4.46. The third kappa shape index (κ3) is 2.22. The van der Waals surface area contributed by atoms with Gasteiger partial charge in [0.1, 0.15) is 6.04 Å². The highest BCUT2D eigenvalue weighted by molar-refractivity contribution is 6.22. The number of carbonyl (C=O) groups excluding carboxylic acids is 2. The number of carboxylic acids is 1. The van der Waals surface area contributed by atoms with Crippen LogP contribution in [0.25, 0.3) is 0 Å². The third-order valence-corrected chi connectivity index (χ3v) is 2.99. The summed E-state index contributed by atoms with van der Waals surface area (Å²) in [7, 11) is 0. The molecule has 2 N–H and O–H groups in total. The molecule has 0 bridgehead atoms. The highest BCUT2D eigenvalue weighted by atomic mass is 16.4. The molecule has 0 saturated carbocycles. The number of aliphatic hydroxyl groups excluding tert-OH is 1. The van der Waals surface area contributed by atoms with Crippen molar-refractivity contribution in [3.8, 4) is 0 Å². The molecule has 1 aliphatic rings. The van der Waals surface area contributed by atoms with Gasteiger partial charge in [0, 0.05) is 6.42 Å². The summed E-state index contributed by atoms with van der Waals surface area (Å²) >= 11 is 0. The molecule has 1 heterocycles. The van der Waals surface area contributed by atoms with Gasteiger partial charge in [0.05, 0.1) is 17.2 Å². The summed E-state index contributed by atoms with van der Waals surface area (Å²) in [6.07, 6.45) is -1.12. The van der Waals surface area contributed by atoms with Crippen LogP contribution in [0, 0.1) is 0 Å². The zero-order chi connectivity index (χ0) is 14.2. The molecule has 19 heavy (non-hydrogen) atoms. The molecule has 2 unspecified atom stereocenters. The van der Waals surface area contributed by atoms with Crippen LogP contribution >= 0.6 is 0 Å². The Morgan fingerprint density at radius 3 is 2.05 bits per heavy atom. The minimum Gasteiger partial charge on any atom is -0.480 e. The molecule has 2 rings (SSSR count). The Balaban J connectivity index is 2.39. The Morgan fingerprint density at radius 2 is 1.68 bits per heavy atom. The Morgan fingerprint density at radius 1 is 1.21 bits per heavy atom. The van der Waals surface area contributed by atoms with E-state index < -0.39 is 29.9 Å². The van der Waals surface area contributed by atoms with Crippen LogP contribution in [-0.2, 0) is 4.79 Å². The van der Waals surface area contributed by atoms with Crippen LogP contribution in [0.4, 0.5) is 0 Å². The van der Waals surface area contributed by atoms with Crippen LogP contribution in [0.3, 0.4) is 0 Å². The number of benzene rings is 1. The molecule has 0 aliphatic carbocycles. The first-order chi connectivity index (χ1) is 8.93. The molecule has 0 spiro atoms. The molecule has 0 radical (unpaired) electrons. The predicted molar refractivity (Wildman–Crippen MR) is 64.7 cm³/mol. The number of rotatable bonds is 4. The summed E-state index contributed by atoms with van der Waals surface area (Å²) in [6, 6.07) is 4.83. The lowest BCUT2D eigenvalue weighted by molar-refractivity contribution is -0.142. The number of amides is 2. The maximum Gasteiger partial charge on any atom is 0.327 e. The summed E-state index contributed by atoms with van der Waals surface area (Å²) in [5.41, 5.74) is 0.397. The van der Waals surface area contributed by atoms with E-state index in [-0.39, 0.29) is 17.5 Å². The average Bonchev–Trinajstić information content (AvgIpc) is 2.60. The van der Waals surface area contributed by atoms with Gasteiger partial charge in [-0.1, -0.05) is 12.1 Å². The minimum atomic E-state index is -1.35. The van der Waals surface area contributed by atoms with Gasteiger partial charge in [-0.2, -0.15) is 0 Å². The highest BCUT2D eigenvalue weighted by Crippen LogP contribution is 2.26. The fourth-order valence-electron chi connectivity index (χ4n) is 2.13. The van der Waals surface area contributed by atoms with E-state index in [9.17, 15) is 19.5 Å². The van der Waals surface area contributed by atoms with Crippen molar-refractivity contribution in [2.75, 3.05) is 0 Å². The molecule has 1 aliphatic heterocycles. The zero-order valence-electron chi connectivity index (χ0n) is 10.2. The van der Waals surface area contributed by atoms with Gasteiger partial charge in [-0.05, 0) is 19.1 Å². The average molecular weight is 263 g/mol. The molecule has 0 fully saturated rings. The van der Waals surface area contributed by atoms with Crippen molar-refractivity contribution in [3.05, 3.63) is 35.4 Å². The van der Waals surface area contributed by atoms with Crippen molar-refractivity contribution in [3.63, 3.8) is 0 Å². The Kier molecular flexibility index (Phi) is 3.35. The number of aliphatic hydroxyl groups is 1. The Hall–Kier alpha value is -2.21. The summed E-state index contributed by atoms with van der Waals surface area (Å²) in [5.74, 6) is -2.57. The fraction of sp³-hybridized carbons (Fsp3) is 0.308. The number of carbonyl (C=O) groups is 3. The van der Waals surface area contributed by atoms with Crippen LogP contribution in [0.5, 0.6) is 0 Å². The monoisotopic (exact) mass is 263 g/mol. The first-order valence-electron chi connectivity index (χ1n) is 5.81. The third-order valence-electron chi connectivity index (χ3n) is 2.99. The molecule has 1 aromatic rings. The first kappa shape index (κ1) is 13.2. The molecular formula is C13H13NO5. The van der Waals surface area contributed by atoms with Crippen molar-refractivity contribution in [2.45, 2.75) is 25.5 Å². The van der Waals surface area contributed by atoms with E-state index in [4.69, 9.17) is 5.11 Å². The summed E-state index contributed by atoms with van der Waals surface area (Å²) in [4.78, 5) is 36.1. The maximum atomic E-state index is 12.1. The molecule has 2 atom stereocenters. The van der Waals surface area contributed by atoms with E-state index >= 15 is 0 Å². The molecule has 6 heteroatoms. The smallest absolute Gasteiger partial charge is 0.327 e. The highest BCUT2D eigenvalue weighted by Gasteiger charge is 2.42. The first-order valence-corrected chi connectivity index (χ1v) is 5.81. The van der Waals surface area contributed by atoms with Crippen LogP contribution in [0.15, 0.2) is 24.3 Å². The van der Waals surface area contributed by atoms with Gasteiger partial charge in [-0.3, -0.25) is 14.5 Å². The number of aliphatic carboxylic acids is 1. The van der Waals surface area contributed by atoms with E-state index in [1.54, 1.807) is 12.1 Å². The van der Waals surface area contributed by atoms with E-state index in [1.807, 2.05) is 0 Å². The fourth-order valence-corrected chi connectivity index (χ4v) is 2.13. The summed E-state index contributed by atoms with van der Waals surface area (Å²) in [6.45, 7) is 1.41. The van der Waals surface area contributed by atoms with E-state index in [0.717, 1.165) is 0 Å². The quantitative estimate of drug-likeness (QED) is 0.772. The lowest BCUT2D eigenvalue weighted by atomic mass is 10.1. The second kappa shape index (κ2) is 4.81. The van der Waals surface area contributed by atoms with Gasteiger partial charge in [0.2, 0.25) is 0 Å². The van der Waals surface area contributed by atoms with E-state index in [0.29, 0.717) is 4.90 Å². The Bertz CT molecular complexity index is 517. The summed E-state index contributed by atoms with van der Waals surface area (Å²) in [5, 5.41) is 18.4. The second-order valence-electron chi connectivity index (χ2n) is 4.46. The van der Waals surface area contributed by atoms with Crippen molar-refractivity contribution >= 4 is 17.8 Å². The molecule has 1 aromatic carbocycles. The maximum absolute atomic E-state index is 12.1. The van der Waals surface area contributed by atoms with E-state index in [2.05, 4.69) is 0 Å². The zero-order valence-corrected chi connectivity index (χ0v) is 10.2. The number of nitrogens with zero attached hydrogens (tertiary/aromatic N) is 1. The number of carboxylic acid groups (broad SMARTS) is 1. The van der Waals surface area contributed by atoms with Crippen molar-refractivity contribution in [1.29, 1.82) is 0 Å². The van der Waals surface area contributed by atoms with Gasteiger partial charge in [0.25, 0.3) is 11.8 Å². The topological polar surface area (TPSA) is 94.9 Å². The normalized spacial score (nSPS) is 17.3. The molecule has 0 aromatic heterocycles. The largest absolute Gasteiger partial charge is 0.480 e. The van der Waals surface area contributed by atoms with Gasteiger partial charge in [0.15, 0.2) is 0 Å². The standard InChI is InChI=1S/C13H13NO5/c1-7(15)6-10(13(18)19)14-11(16)8-4-2-3-5-9(8)12(14)17/h2-5,7,10,15H,6H2,1H3,(H,18,19). The summed E-state index contributed by atoms with van der Waals surface area (Å²) < 4.78 is 0.